The van der Waals surface area contributed by atoms with E-state index >= 15 is 0 Å². The van der Waals surface area contributed by atoms with Crippen molar-refractivity contribution in [3.05, 3.63) is 35.9 Å². The maximum atomic E-state index is 5.41. The number of benzene rings is 1. The Kier molecular flexibility index (Phi) is 5.40. The first kappa shape index (κ1) is 14.0. The van der Waals surface area contributed by atoms with Gasteiger partial charge in [0.15, 0.2) is 0 Å². The van der Waals surface area contributed by atoms with Crippen LogP contribution in [0.4, 0.5) is 0 Å². The first-order valence-corrected chi connectivity index (χ1v) is 6.14. The Balaban J connectivity index is 2.59. The molecule has 0 aliphatic carbocycles. The number of nitrogens with one attached hydrogen (secondary N) is 1. The maximum Gasteiger partial charge on any atom is 0.127 e. The van der Waals surface area contributed by atoms with Crippen molar-refractivity contribution in [2.24, 2.45) is 5.73 Å². The highest BCUT2D eigenvalue weighted by Gasteiger charge is 2.08. The molecule has 0 heterocycles. The molecule has 0 amide bonds. The molecule has 90 valence electrons. The molecule has 0 saturated carbocycles. The van der Waals surface area contributed by atoms with Crippen molar-refractivity contribution < 1.29 is 0 Å². The summed E-state index contributed by atoms with van der Waals surface area (Å²) in [6, 6.07) is 9.69. The van der Waals surface area contributed by atoms with Gasteiger partial charge in [0.05, 0.1) is 4.99 Å². The van der Waals surface area contributed by atoms with E-state index in [1.54, 1.807) is 12.1 Å². The van der Waals surface area contributed by atoms with Crippen LogP contribution in [0.25, 0.3) is 0 Å². The van der Waals surface area contributed by atoms with Crippen molar-refractivity contribution in [2.45, 2.75) is 6.42 Å². The van der Waals surface area contributed by atoms with Gasteiger partial charge < -0.3 is 5.73 Å². The second kappa shape index (κ2) is 6.58. The lowest BCUT2D eigenvalue weighted by Gasteiger charge is -2.22. The Morgan fingerprint density at radius 3 is 2.35 bits per heavy atom. The molecule has 17 heavy (non-hydrogen) atoms. The Morgan fingerprint density at radius 1 is 1.24 bits per heavy atom. The zero-order valence-corrected chi connectivity index (χ0v) is 11.8. The van der Waals surface area contributed by atoms with E-state index in [2.05, 4.69) is 5.43 Å². The molecular weight excluding hydrogens is 270 g/mol. The van der Waals surface area contributed by atoms with Crippen LogP contribution in [0, 0.1) is 0 Å². The first-order valence-electron chi connectivity index (χ1n) is 4.91. The van der Waals surface area contributed by atoms with E-state index in [1.165, 1.54) is 0 Å². The van der Waals surface area contributed by atoms with Gasteiger partial charge in [-0.25, -0.2) is 0 Å². The largest absolute Gasteiger partial charge is 0.393 e. The normalized spacial score (nSPS) is 9.47. The van der Waals surface area contributed by atoms with Gasteiger partial charge in [-0.3, -0.25) is 10.4 Å². The first-order chi connectivity index (χ1) is 8.00. The minimum Gasteiger partial charge on any atom is -0.393 e. The molecule has 0 radical (unpaired) electrons. The van der Waals surface area contributed by atoms with Crippen LogP contribution >= 0.6 is 36.7 Å². The average Bonchev–Trinajstić information content (AvgIpc) is 2.28. The molecule has 0 saturated heterocycles. The van der Waals surface area contributed by atoms with Crippen molar-refractivity contribution in [3.63, 3.8) is 0 Å². The summed E-state index contributed by atoms with van der Waals surface area (Å²) in [7, 11) is 1.81. The minimum atomic E-state index is 0.363. The van der Waals surface area contributed by atoms with Gasteiger partial charge in [0.2, 0.25) is 0 Å². The monoisotopic (exact) mass is 283 g/mol. The number of hydrogen-bond acceptors (Lipinski definition) is 3. The molecule has 0 aromatic heterocycles. The molecule has 6 heteroatoms. The highest BCUT2D eigenvalue weighted by atomic mass is 32.1. The van der Waals surface area contributed by atoms with E-state index < -0.39 is 0 Å². The zero-order chi connectivity index (χ0) is 12.8. The van der Waals surface area contributed by atoms with Gasteiger partial charge in [-0.2, -0.15) is 0 Å². The fourth-order valence-corrected chi connectivity index (χ4v) is 1.92. The maximum absolute atomic E-state index is 5.41. The number of thiocarbonyl (C=S) groups is 3. The van der Waals surface area contributed by atoms with Gasteiger partial charge in [0, 0.05) is 19.0 Å². The van der Waals surface area contributed by atoms with Crippen LogP contribution in [0.5, 0.6) is 0 Å². The van der Waals surface area contributed by atoms with Crippen LogP contribution in [0.15, 0.2) is 30.3 Å². The van der Waals surface area contributed by atoms with Gasteiger partial charge in [-0.05, 0) is 0 Å². The van der Waals surface area contributed by atoms with Gasteiger partial charge in [-0.1, -0.05) is 67.0 Å². The molecule has 0 unspecified atom stereocenters. The zero-order valence-electron chi connectivity index (χ0n) is 9.34. The summed E-state index contributed by atoms with van der Waals surface area (Å²) in [5.74, 6) is 0. The van der Waals surface area contributed by atoms with Crippen molar-refractivity contribution >= 4 is 51.6 Å². The van der Waals surface area contributed by atoms with Crippen LogP contribution in [0.2, 0.25) is 0 Å². The van der Waals surface area contributed by atoms with Crippen LogP contribution < -0.4 is 11.2 Å². The van der Waals surface area contributed by atoms with Gasteiger partial charge in [0.1, 0.15) is 9.98 Å². The lowest BCUT2D eigenvalue weighted by atomic mass is 10.2. The summed E-state index contributed by atoms with van der Waals surface area (Å²) in [5, 5.41) is 1.69. The van der Waals surface area contributed by atoms with Crippen molar-refractivity contribution in [1.29, 1.82) is 0 Å². The van der Waals surface area contributed by atoms with E-state index in [-0.39, 0.29) is 0 Å². The minimum absolute atomic E-state index is 0.363. The second-order valence-corrected chi connectivity index (χ2v) is 4.81. The van der Waals surface area contributed by atoms with Crippen molar-refractivity contribution in [1.82, 2.24) is 10.4 Å². The number of rotatable bonds is 3. The lowest BCUT2D eigenvalue weighted by molar-refractivity contribution is 0.468. The third kappa shape index (κ3) is 4.72. The summed E-state index contributed by atoms with van der Waals surface area (Å²) >= 11 is 15.2. The molecule has 1 aromatic rings. The molecular formula is C11H13N3S3. The van der Waals surface area contributed by atoms with Gasteiger partial charge in [-0.15, -0.1) is 0 Å². The third-order valence-corrected chi connectivity index (χ3v) is 2.84. The van der Waals surface area contributed by atoms with Crippen molar-refractivity contribution in [3.8, 4) is 0 Å². The molecule has 0 aliphatic rings. The molecule has 1 rings (SSSR count). The molecule has 0 bridgehead atoms. The Bertz CT molecular complexity index is 431. The van der Waals surface area contributed by atoms with Crippen LogP contribution in [0.1, 0.15) is 12.0 Å². The second-order valence-electron chi connectivity index (χ2n) is 3.41. The summed E-state index contributed by atoms with van der Waals surface area (Å²) in [6.07, 6.45) is 0.381. The molecule has 1 aromatic carbocycles. The quantitative estimate of drug-likeness (QED) is 0.651. The SMILES string of the molecule is CN(NC(=S)CC(N)=S)C(=S)c1ccccc1. The molecule has 0 aliphatic heterocycles. The molecule has 0 fully saturated rings. The van der Waals surface area contributed by atoms with Crippen molar-refractivity contribution in [2.75, 3.05) is 7.05 Å². The number of nitrogens with zero attached hydrogens (tertiary/aromatic N) is 1. The highest BCUT2D eigenvalue weighted by molar-refractivity contribution is 7.82. The lowest BCUT2D eigenvalue weighted by Crippen LogP contribution is -2.43. The molecule has 0 spiro atoms. The van der Waals surface area contributed by atoms with Crippen LogP contribution in [-0.2, 0) is 0 Å². The predicted octanol–water partition coefficient (Wildman–Crippen LogP) is 1.80. The molecule has 0 atom stereocenters. The van der Waals surface area contributed by atoms with E-state index in [9.17, 15) is 0 Å². The van der Waals surface area contributed by atoms with Gasteiger partial charge in [0.25, 0.3) is 0 Å². The Hall–Kier alpha value is -1.11. The highest BCUT2D eigenvalue weighted by Crippen LogP contribution is 2.03. The molecule has 3 nitrogen and oxygen atoms in total. The van der Waals surface area contributed by atoms with Crippen LogP contribution in [-0.4, -0.2) is 27.0 Å². The Labute approximate surface area is 117 Å². The average molecular weight is 283 g/mol. The fourth-order valence-electron chi connectivity index (χ4n) is 1.21. The molecule has 3 N–H and O–H groups in total. The van der Waals surface area contributed by atoms with E-state index in [1.807, 2.05) is 30.3 Å². The third-order valence-electron chi connectivity index (χ3n) is 1.95. The topological polar surface area (TPSA) is 41.3 Å². The van der Waals surface area contributed by atoms with E-state index in [0.29, 0.717) is 21.4 Å². The standard InChI is InChI=1S/C11H13N3S3/c1-14(13-10(16)7-9(12)15)11(17)8-5-3-2-4-6-8/h2-6H,7H2,1H3,(H2,12,15)(H,13,16). The number of nitrogens with two attached hydrogens (primary N) is 1. The Morgan fingerprint density at radius 2 is 1.82 bits per heavy atom. The fraction of sp³-hybridized carbons (Fsp3) is 0.182. The van der Waals surface area contributed by atoms with Crippen LogP contribution in [0.3, 0.4) is 0 Å². The van der Waals surface area contributed by atoms with Gasteiger partial charge >= 0.3 is 0 Å². The summed E-state index contributed by atoms with van der Waals surface area (Å²) in [4.78, 5) is 1.58. The summed E-state index contributed by atoms with van der Waals surface area (Å²) < 4.78 is 0. The number of hydrazine groups is 1. The van der Waals surface area contributed by atoms with E-state index in [4.69, 9.17) is 42.4 Å². The van der Waals surface area contributed by atoms with E-state index in [0.717, 1.165) is 5.56 Å². The predicted molar refractivity (Wildman–Crippen MR) is 83.0 cm³/mol. The smallest absolute Gasteiger partial charge is 0.127 e. The summed E-state index contributed by atoms with van der Waals surface area (Å²) in [5.41, 5.74) is 9.33. The number of hydrogen-bond donors (Lipinski definition) is 2. The summed E-state index contributed by atoms with van der Waals surface area (Å²) in [6.45, 7) is 0.